The highest BCUT2D eigenvalue weighted by atomic mass is 15.0. The van der Waals surface area contributed by atoms with Gasteiger partial charge in [-0.15, -0.1) is 0 Å². The SMILES string of the molecule is c1ccc(-c2ccc(-c3nc(-c4ccc(-c5cc6c7cccnc7ccc6c6ccccc56)cc4)nc(-c4ccccc4-c4ccccc4)n3)cc2)cc1. The number of pyridine rings is 1. The molecule has 2 aromatic heterocycles. The first-order valence-corrected chi connectivity index (χ1v) is 18.1. The van der Waals surface area contributed by atoms with Gasteiger partial charge >= 0.3 is 0 Å². The molecule has 4 heteroatoms. The van der Waals surface area contributed by atoms with Crippen LogP contribution in [0, 0.1) is 0 Å². The maximum atomic E-state index is 5.15. The van der Waals surface area contributed by atoms with Crippen LogP contribution in [0.5, 0.6) is 0 Å². The Morgan fingerprint density at radius 3 is 1.44 bits per heavy atom. The van der Waals surface area contributed by atoms with Crippen LogP contribution in [-0.2, 0) is 0 Å². The first-order valence-electron chi connectivity index (χ1n) is 18.1. The molecular formula is C50H32N4. The third-order valence-electron chi connectivity index (χ3n) is 10.2. The number of fused-ring (bicyclic) bond motifs is 5. The van der Waals surface area contributed by atoms with Gasteiger partial charge in [-0.1, -0.05) is 170 Å². The van der Waals surface area contributed by atoms with Crippen LogP contribution in [0.15, 0.2) is 194 Å². The van der Waals surface area contributed by atoms with Crippen molar-refractivity contribution in [1.29, 1.82) is 0 Å². The van der Waals surface area contributed by atoms with E-state index in [9.17, 15) is 0 Å². The first kappa shape index (κ1) is 31.4. The Morgan fingerprint density at radius 2 is 0.741 bits per heavy atom. The molecule has 2 heterocycles. The predicted molar refractivity (Wildman–Crippen MR) is 223 cm³/mol. The van der Waals surface area contributed by atoms with E-state index in [1.165, 1.54) is 32.7 Å². The molecule has 0 aliphatic rings. The smallest absolute Gasteiger partial charge is 0.164 e. The minimum Gasteiger partial charge on any atom is -0.256 e. The number of hydrogen-bond donors (Lipinski definition) is 0. The van der Waals surface area contributed by atoms with Crippen LogP contribution < -0.4 is 0 Å². The summed E-state index contributed by atoms with van der Waals surface area (Å²) >= 11 is 0. The molecule has 8 aromatic carbocycles. The lowest BCUT2D eigenvalue weighted by atomic mass is 9.91. The third-order valence-corrected chi connectivity index (χ3v) is 10.2. The molecule has 0 amide bonds. The molecule has 0 spiro atoms. The van der Waals surface area contributed by atoms with Gasteiger partial charge in [-0.25, -0.2) is 15.0 Å². The summed E-state index contributed by atoms with van der Waals surface area (Å²) < 4.78 is 0. The van der Waals surface area contributed by atoms with Crippen molar-refractivity contribution in [2.24, 2.45) is 0 Å². The summed E-state index contributed by atoms with van der Waals surface area (Å²) in [6.07, 6.45) is 1.85. The van der Waals surface area contributed by atoms with Crippen molar-refractivity contribution in [3.05, 3.63) is 194 Å². The molecule has 0 saturated heterocycles. The van der Waals surface area contributed by atoms with Gasteiger partial charge in [0.25, 0.3) is 0 Å². The fraction of sp³-hybridized carbons (Fsp3) is 0. The van der Waals surface area contributed by atoms with E-state index in [1.807, 2.05) is 30.5 Å². The van der Waals surface area contributed by atoms with E-state index in [1.54, 1.807) is 0 Å². The molecule has 0 radical (unpaired) electrons. The summed E-state index contributed by atoms with van der Waals surface area (Å²) in [6.45, 7) is 0. The molecule has 0 bridgehead atoms. The van der Waals surface area contributed by atoms with E-state index in [4.69, 9.17) is 15.0 Å². The molecular weight excluding hydrogens is 657 g/mol. The van der Waals surface area contributed by atoms with Gasteiger partial charge in [-0.05, 0) is 73.1 Å². The van der Waals surface area contributed by atoms with Gasteiger partial charge in [0.05, 0.1) is 5.52 Å². The highest BCUT2D eigenvalue weighted by Crippen LogP contribution is 2.39. The molecule has 54 heavy (non-hydrogen) atoms. The number of aromatic nitrogens is 4. The molecule has 0 atom stereocenters. The van der Waals surface area contributed by atoms with Gasteiger partial charge in [-0.3, -0.25) is 4.98 Å². The van der Waals surface area contributed by atoms with E-state index >= 15 is 0 Å². The second-order valence-corrected chi connectivity index (χ2v) is 13.4. The van der Waals surface area contributed by atoms with Crippen molar-refractivity contribution >= 4 is 32.4 Å². The maximum Gasteiger partial charge on any atom is 0.164 e. The zero-order chi connectivity index (χ0) is 35.8. The summed E-state index contributed by atoms with van der Waals surface area (Å²) in [7, 11) is 0. The second kappa shape index (κ2) is 13.4. The van der Waals surface area contributed by atoms with Crippen LogP contribution in [0.2, 0.25) is 0 Å². The number of rotatable bonds is 6. The lowest BCUT2D eigenvalue weighted by Gasteiger charge is -2.14. The number of nitrogens with zero attached hydrogens (tertiary/aromatic N) is 4. The van der Waals surface area contributed by atoms with Crippen molar-refractivity contribution in [2.45, 2.75) is 0 Å². The van der Waals surface area contributed by atoms with E-state index in [0.29, 0.717) is 17.5 Å². The van der Waals surface area contributed by atoms with Gasteiger partial charge in [-0.2, -0.15) is 0 Å². The van der Waals surface area contributed by atoms with Crippen molar-refractivity contribution in [2.75, 3.05) is 0 Å². The molecule has 4 nitrogen and oxygen atoms in total. The molecule has 10 rings (SSSR count). The van der Waals surface area contributed by atoms with E-state index < -0.39 is 0 Å². The van der Waals surface area contributed by atoms with Crippen LogP contribution in [0.4, 0.5) is 0 Å². The molecule has 10 aromatic rings. The van der Waals surface area contributed by atoms with Crippen LogP contribution in [0.3, 0.4) is 0 Å². The highest BCUT2D eigenvalue weighted by molar-refractivity contribution is 6.20. The number of benzene rings is 8. The Bertz CT molecular complexity index is 2960. The molecule has 0 aliphatic carbocycles. The summed E-state index contributed by atoms with van der Waals surface area (Å²) in [6, 6.07) is 65.7. The van der Waals surface area contributed by atoms with Gasteiger partial charge in [0.2, 0.25) is 0 Å². The molecule has 0 N–H and O–H groups in total. The predicted octanol–water partition coefficient (Wildman–Crippen LogP) is 12.7. The fourth-order valence-corrected chi connectivity index (χ4v) is 7.52. The fourth-order valence-electron chi connectivity index (χ4n) is 7.52. The van der Waals surface area contributed by atoms with E-state index in [2.05, 4.69) is 169 Å². The first-order chi connectivity index (χ1) is 26.8. The summed E-state index contributed by atoms with van der Waals surface area (Å²) in [5.41, 5.74) is 10.6. The third kappa shape index (κ3) is 5.67. The van der Waals surface area contributed by atoms with Crippen LogP contribution in [0.1, 0.15) is 0 Å². The molecule has 0 unspecified atom stereocenters. The van der Waals surface area contributed by atoms with Crippen molar-refractivity contribution in [1.82, 2.24) is 19.9 Å². The lowest BCUT2D eigenvalue weighted by molar-refractivity contribution is 1.07. The van der Waals surface area contributed by atoms with Gasteiger partial charge in [0.15, 0.2) is 17.5 Å². The minimum atomic E-state index is 0.622. The van der Waals surface area contributed by atoms with Crippen LogP contribution in [0.25, 0.3) is 100.0 Å². The summed E-state index contributed by atoms with van der Waals surface area (Å²) in [5, 5.41) is 6.00. The van der Waals surface area contributed by atoms with Crippen molar-refractivity contribution in [3.63, 3.8) is 0 Å². The Balaban J connectivity index is 1.11. The molecule has 0 saturated carbocycles. The maximum absolute atomic E-state index is 5.15. The largest absolute Gasteiger partial charge is 0.256 e. The summed E-state index contributed by atoms with van der Waals surface area (Å²) in [5.74, 6) is 1.88. The molecule has 0 aliphatic heterocycles. The Kier molecular flexibility index (Phi) is 7.77. The quantitative estimate of drug-likeness (QED) is 0.163. The Hall–Kier alpha value is -7.30. The average Bonchev–Trinajstić information content (AvgIpc) is 3.26. The van der Waals surface area contributed by atoms with Crippen LogP contribution in [-0.4, -0.2) is 19.9 Å². The zero-order valence-corrected chi connectivity index (χ0v) is 29.3. The molecule has 0 fully saturated rings. The second-order valence-electron chi connectivity index (χ2n) is 13.4. The molecule has 252 valence electrons. The lowest BCUT2D eigenvalue weighted by Crippen LogP contribution is -2.01. The van der Waals surface area contributed by atoms with Crippen molar-refractivity contribution in [3.8, 4) is 67.5 Å². The Morgan fingerprint density at radius 1 is 0.259 bits per heavy atom. The normalized spacial score (nSPS) is 11.3. The van der Waals surface area contributed by atoms with Crippen molar-refractivity contribution < 1.29 is 0 Å². The van der Waals surface area contributed by atoms with Gasteiger partial charge in [0, 0.05) is 28.3 Å². The van der Waals surface area contributed by atoms with Gasteiger partial charge < -0.3 is 0 Å². The standard InChI is InChI=1S/C50H32N4/c1-3-12-33(13-4-1)34-21-25-37(26-22-34)48-52-49(54-50(53-48)44-19-10-7-16-39(44)35-14-5-2-6-15-35)38-27-23-36(24-28-38)45-32-46-42(40-17-8-9-18-41(40)45)29-30-47-43(46)20-11-31-51-47/h1-32H. The average molecular weight is 689 g/mol. The topological polar surface area (TPSA) is 51.6 Å². The van der Waals surface area contributed by atoms with Gasteiger partial charge in [0.1, 0.15) is 0 Å². The zero-order valence-electron chi connectivity index (χ0n) is 29.3. The monoisotopic (exact) mass is 688 g/mol. The minimum absolute atomic E-state index is 0.622. The number of hydrogen-bond acceptors (Lipinski definition) is 4. The Labute approximate surface area is 313 Å². The van der Waals surface area contributed by atoms with E-state index in [-0.39, 0.29) is 0 Å². The van der Waals surface area contributed by atoms with E-state index in [0.717, 1.165) is 49.8 Å². The highest BCUT2D eigenvalue weighted by Gasteiger charge is 2.17. The summed E-state index contributed by atoms with van der Waals surface area (Å²) in [4.78, 5) is 20.0. The van der Waals surface area contributed by atoms with Crippen LogP contribution >= 0.6 is 0 Å².